The van der Waals surface area contributed by atoms with Crippen LogP contribution in [0.2, 0.25) is 5.02 Å². The molecule has 0 saturated heterocycles. The van der Waals surface area contributed by atoms with Crippen molar-refractivity contribution >= 4 is 23.5 Å². The van der Waals surface area contributed by atoms with Crippen LogP contribution in [0.1, 0.15) is 15.9 Å². The van der Waals surface area contributed by atoms with Crippen molar-refractivity contribution in [2.75, 3.05) is 13.2 Å². The molecule has 0 aliphatic carbocycles. The van der Waals surface area contributed by atoms with Gasteiger partial charge in [0, 0.05) is 11.6 Å². The average Bonchev–Trinajstić information content (AvgIpc) is 2.56. The lowest BCUT2D eigenvalue weighted by atomic mass is 10.1. The minimum Gasteiger partial charge on any atom is -0.452 e. The number of hydrogen-bond acceptors (Lipinski definition) is 3. The lowest BCUT2D eigenvalue weighted by molar-refractivity contribution is -0.124. The topological polar surface area (TPSA) is 55.4 Å². The van der Waals surface area contributed by atoms with Crippen molar-refractivity contribution in [2.24, 2.45) is 0 Å². The standard InChI is InChI=1S/C17H14ClF2NO3/c18-12-5-6-15(20)13(9-12)17(23)24-10-16(22)21-8-7-11-3-1-2-4-14(11)19/h1-6,9H,7-8,10H2,(H,21,22). The lowest BCUT2D eigenvalue weighted by Gasteiger charge is -2.08. The summed E-state index contributed by atoms with van der Waals surface area (Å²) in [5.74, 6) is -2.69. The smallest absolute Gasteiger partial charge is 0.341 e. The summed E-state index contributed by atoms with van der Waals surface area (Å²) in [4.78, 5) is 23.3. The van der Waals surface area contributed by atoms with E-state index in [9.17, 15) is 18.4 Å². The van der Waals surface area contributed by atoms with Crippen LogP contribution >= 0.6 is 11.6 Å². The van der Waals surface area contributed by atoms with E-state index in [1.165, 1.54) is 12.1 Å². The number of ether oxygens (including phenoxy) is 1. The van der Waals surface area contributed by atoms with Gasteiger partial charge >= 0.3 is 5.97 Å². The van der Waals surface area contributed by atoms with Gasteiger partial charge in [-0.2, -0.15) is 0 Å². The number of benzene rings is 2. The quantitative estimate of drug-likeness (QED) is 0.812. The molecule has 0 aromatic heterocycles. The fourth-order valence-corrected chi connectivity index (χ4v) is 2.12. The van der Waals surface area contributed by atoms with Crippen molar-refractivity contribution < 1.29 is 23.1 Å². The molecule has 0 bridgehead atoms. The molecule has 1 amide bonds. The fraction of sp³-hybridized carbons (Fsp3) is 0.176. The maximum absolute atomic E-state index is 13.5. The van der Waals surface area contributed by atoms with Gasteiger partial charge in [0.2, 0.25) is 0 Å². The Morgan fingerprint density at radius 3 is 2.58 bits per heavy atom. The highest BCUT2D eigenvalue weighted by Gasteiger charge is 2.15. The molecular formula is C17H14ClF2NO3. The van der Waals surface area contributed by atoms with Crippen molar-refractivity contribution in [3.63, 3.8) is 0 Å². The van der Waals surface area contributed by atoms with Crippen molar-refractivity contribution in [1.82, 2.24) is 5.32 Å². The Kier molecular flexibility index (Phi) is 6.26. The van der Waals surface area contributed by atoms with E-state index in [2.05, 4.69) is 5.32 Å². The molecular weight excluding hydrogens is 340 g/mol. The van der Waals surface area contributed by atoms with Crippen LogP contribution in [0.15, 0.2) is 42.5 Å². The second-order valence-electron chi connectivity index (χ2n) is 4.89. The number of hydrogen-bond donors (Lipinski definition) is 1. The van der Waals surface area contributed by atoms with Crippen LogP contribution in [0.25, 0.3) is 0 Å². The molecule has 0 fully saturated rings. The summed E-state index contributed by atoms with van der Waals surface area (Å²) >= 11 is 5.68. The predicted molar refractivity (Wildman–Crippen MR) is 84.8 cm³/mol. The summed E-state index contributed by atoms with van der Waals surface area (Å²) in [5, 5.41) is 2.67. The van der Waals surface area contributed by atoms with Crippen molar-refractivity contribution in [3.05, 3.63) is 70.2 Å². The molecule has 2 aromatic rings. The minimum atomic E-state index is -0.987. The summed E-state index contributed by atoms with van der Waals surface area (Å²) in [6, 6.07) is 9.67. The maximum atomic E-state index is 13.5. The Labute approximate surface area is 142 Å². The number of carbonyl (C=O) groups is 2. The molecule has 4 nitrogen and oxygen atoms in total. The van der Waals surface area contributed by atoms with E-state index in [-0.39, 0.29) is 22.9 Å². The van der Waals surface area contributed by atoms with Gasteiger partial charge in [0.1, 0.15) is 11.6 Å². The first kappa shape index (κ1) is 17.9. The molecule has 24 heavy (non-hydrogen) atoms. The zero-order chi connectivity index (χ0) is 17.5. The first-order valence-corrected chi connectivity index (χ1v) is 7.47. The van der Waals surface area contributed by atoms with Gasteiger partial charge in [-0.05, 0) is 36.2 Å². The Balaban J connectivity index is 1.78. The largest absolute Gasteiger partial charge is 0.452 e. The van der Waals surface area contributed by atoms with Gasteiger partial charge in [-0.15, -0.1) is 0 Å². The van der Waals surface area contributed by atoms with Crippen molar-refractivity contribution in [1.29, 1.82) is 0 Å². The lowest BCUT2D eigenvalue weighted by Crippen LogP contribution is -2.30. The zero-order valence-corrected chi connectivity index (χ0v) is 13.3. The Morgan fingerprint density at radius 1 is 1.08 bits per heavy atom. The molecule has 0 heterocycles. The van der Waals surface area contributed by atoms with Gasteiger partial charge in [0.15, 0.2) is 6.61 Å². The number of esters is 1. The van der Waals surface area contributed by atoms with Gasteiger partial charge in [0.25, 0.3) is 5.91 Å². The van der Waals surface area contributed by atoms with E-state index in [0.29, 0.717) is 12.0 Å². The molecule has 126 valence electrons. The minimum absolute atomic E-state index is 0.178. The highest BCUT2D eigenvalue weighted by Crippen LogP contribution is 2.15. The second-order valence-corrected chi connectivity index (χ2v) is 5.33. The third kappa shape index (κ3) is 5.03. The van der Waals surface area contributed by atoms with Gasteiger partial charge in [-0.1, -0.05) is 29.8 Å². The number of halogens is 3. The first-order valence-electron chi connectivity index (χ1n) is 7.09. The van der Waals surface area contributed by atoms with Gasteiger partial charge in [-0.3, -0.25) is 4.79 Å². The second kappa shape index (κ2) is 8.40. The SMILES string of the molecule is O=C(COC(=O)c1cc(Cl)ccc1F)NCCc1ccccc1F. The van der Waals surface area contributed by atoms with E-state index in [1.807, 2.05) is 0 Å². The van der Waals surface area contributed by atoms with E-state index in [1.54, 1.807) is 18.2 Å². The maximum Gasteiger partial charge on any atom is 0.341 e. The van der Waals surface area contributed by atoms with E-state index in [0.717, 1.165) is 12.1 Å². The number of amides is 1. The third-order valence-electron chi connectivity index (χ3n) is 3.16. The number of carbonyl (C=O) groups excluding carboxylic acids is 2. The molecule has 0 aliphatic rings. The molecule has 0 unspecified atom stereocenters. The van der Waals surface area contributed by atoms with Crippen LogP contribution in [0.3, 0.4) is 0 Å². The number of nitrogens with one attached hydrogen (secondary N) is 1. The predicted octanol–water partition coefficient (Wildman–Crippen LogP) is 3.13. The van der Waals surface area contributed by atoms with Crippen LogP contribution in [-0.2, 0) is 16.0 Å². The average molecular weight is 354 g/mol. The summed E-state index contributed by atoms with van der Waals surface area (Å²) in [6.07, 6.45) is 0.301. The summed E-state index contributed by atoms with van der Waals surface area (Å²) in [6.45, 7) is -0.384. The molecule has 1 N–H and O–H groups in total. The monoisotopic (exact) mass is 353 g/mol. The highest BCUT2D eigenvalue weighted by molar-refractivity contribution is 6.30. The van der Waals surface area contributed by atoms with Crippen LogP contribution in [-0.4, -0.2) is 25.0 Å². The van der Waals surface area contributed by atoms with E-state index >= 15 is 0 Å². The van der Waals surface area contributed by atoms with Crippen LogP contribution in [0.4, 0.5) is 8.78 Å². The van der Waals surface area contributed by atoms with Crippen LogP contribution < -0.4 is 5.32 Å². The van der Waals surface area contributed by atoms with Gasteiger partial charge < -0.3 is 10.1 Å². The molecule has 0 spiro atoms. The van der Waals surface area contributed by atoms with Crippen LogP contribution in [0, 0.1) is 11.6 Å². The molecule has 2 aromatic carbocycles. The van der Waals surface area contributed by atoms with Crippen LogP contribution in [0.5, 0.6) is 0 Å². The Bertz CT molecular complexity index is 752. The zero-order valence-electron chi connectivity index (χ0n) is 12.5. The molecule has 2 rings (SSSR count). The molecule has 0 radical (unpaired) electrons. The first-order chi connectivity index (χ1) is 11.5. The normalized spacial score (nSPS) is 10.3. The van der Waals surface area contributed by atoms with E-state index < -0.39 is 24.3 Å². The molecule has 7 heteroatoms. The molecule has 0 saturated carbocycles. The summed E-state index contributed by atoms with van der Waals surface area (Å²) in [7, 11) is 0. The van der Waals surface area contributed by atoms with Gasteiger partial charge in [0.05, 0.1) is 5.56 Å². The third-order valence-corrected chi connectivity index (χ3v) is 3.39. The summed E-state index contributed by atoms with van der Waals surface area (Å²) < 4.78 is 31.6. The molecule has 0 atom stereocenters. The highest BCUT2D eigenvalue weighted by atomic mass is 35.5. The van der Waals surface area contributed by atoms with Crippen molar-refractivity contribution in [3.8, 4) is 0 Å². The van der Waals surface area contributed by atoms with Gasteiger partial charge in [-0.25, -0.2) is 13.6 Å². The Morgan fingerprint density at radius 2 is 1.83 bits per heavy atom. The fourth-order valence-electron chi connectivity index (χ4n) is 1.95. The van der Waals surface area contributed by atoms with E-state index in [4.69, 9.17) is 16.3 Å². The molecule has 0 aliphatic heterocycles. The van der Waals surface area contributed by atoms with Crippen molar-refractivity contribution in [2.45, 2.75) is 6.42 Å². The summed E-state index contributed by atoms with van der Waals surface area (Å²) in [5.41, 5.74) is 0.123. The Hall–Kier alpha value is -2.47. The number of rotatable bonds is 6.